The quantitative estimate of drug-likeness (QED) is 0.652. The molecule has 2 aromatic heterocycles. The molecule has 10 nitrogen and oxygen atoms in total. The van der Waals surface area contributed by atoms with Gasteiger partial charge in [-0.15, -0.1) is 0 Å². The Balaban J connectivity index is 1.58. The van der Waals surface area contributed by atoms with Crippen LogP contribution in [0.3, 0.4) is 0 Å². The Morgan fingerprint density at radius 2 is 2.18 bits per heavy atom. The smallest absolute Gasteiger partial charge is 0.359 e. The summed E-state index contributed by atoms with van der Waals surface area (Å²) in [6.07, 6.45) is 2.12. The molecule has 0 bridgehead atoms. The number of esters is 1. The molecule has 1 atom stereocenters. The van der Waals surface area contributed by atoms with Gasteiger partial charge in [0.2, 0.25) is 0 Å². The number of hydrogen-bond acceptors (Lipinski definition) is 7. The molecule has 0 aromatic carbocycles. The highest BCUT2D eigenvalue weighted by molar-refractivity contribution is 7.91. The number of ether oxygens (including phenoxy) is 1. The molecule has 0 saturated carbocycles. The van der Waals surface area contributed by atoms with Gasteiger partial charge in [-0.25, -0.2) is 17.9 Å². The van der Waals surface area contributed by atoms with Crippen LogP contribution in [0.5, 0.6) is 0 Å². The first-order valence-electron chi connectivity index (χ1n) is 9.05. The van der Waals surface area contributed by atoms with Crippen molar-refractivity contribution in [3.8, 4) is 0 Å². The van der Waals surface area contributed by atoms with E-state index in [0.717, 1.165) is 18.5 Å². The standard InChI is InChI=1S/C17H23N5O5S/c1-3-4-12-8-14(20-19-12)17(24)27-9-16(23)18-15-7-11(2)21-22(15)13-5-6-28(25,26)10-13/h7-8,13H,3-6,9-10H2,1-2H3,(H,18,23)(H,19,20). The van der Waals surface area contributed by atoms with E-state index >= 15 is 0 Å². The van der Waals surface area contributed by atoms with Crippen molar-refractivity contribution in [2.24, 2.45) is 0 Å². The third kappa shape index (κ3) is 4.77. The second kappa shape index (κ2) is 8.13. The Hall–Kier alpha value is -2.69. The highest BCUT2D eigenvalue weighted by Crippen LogP contribution is 2.27. The molecule has 2 aromatic rings. The number of amides is 1. The molecule has 1 unspecified atom stereocenters. The van der Waals surface area contributed by atoms with Crippen molar-refractivity contribution >= 4 is 27.5 Å². The summed E-state index contributed by atoms with van der Waals surface area (Å²) in [5.41, 5.74) is 1.59. The molecule has 1 aliphatic rings. The number of aryl methyl sites for hydroxylation is 2. The molecule has 0 aliphatic carbocycles. The monoisotopic (exact) mass is 409 g/mol. The van der Waals surface area contributed by atoms with Gasteiger partial charge in [0.1, 0.15) is 5.82 Å². The van der Waals surface area contributed by atoms with Crippen LogP contribution in [-0.4, -0.2) is 58.4 Å². The van der Waals surface area contributed by atoms with Crippen LogP contribution < -0.4 is 5.32 Å². The zero-order valence-corrected chi connectivity index (χ0v) is 16.6. The van der Waals surface area contributed by atoms with Gasteiger partial charge in [0.05, 0.1) is 23.2 Å². The van der Waals surface area contributed by atoms with Crippen LogP contribution >= 0.6 is 0 Å². The normalized spacial score (nSPS) is 18.1. The van der Waals surface area contributed by atoms with Gasteiger partial charge in [-0.2, -0.15) is 10.2 Å². The van der Waals surface area contributed by atoms with Gasteiger partial charge in [-0.1, -0.05) is 13.3 Å². The maximum Gasteiger partial charge on any atom is 0.359 e. The van der Waals surface area contributed by atoms with Gasteiger partial charge in [0.25, 0.3) is 5.91 Å². The number of nitrogens with one attached hydrogen (secondary N) is 2. The third-order valence-electron chi connectivity index (χ3n) is 4.37. The Labute approximate surface area is 162 Å². The van der Waals surface area contributed by atoms with Crippen LogP contribution in [0.25, 0.3) is 0 Å². The summed E-state index contributed by atoms with van der Waals surface area (Å²) in [6, 6.07) is 2.93. The van der Waals surface area contributed by atoms with Crippen molar-refractivity contribution in [1.29, 1.82) is 0 Å². The molecule has 152 valence electrons. The van der Waals surface area contributed by atoms with Gasteiger partial charge in [-0.05, 0) is 25.8 Å². The Morgan fingerprint density at radius 1 is 1.39 bits per heavy atom. The topological polar surface area (TPSA) is 136 Å². The minimum Gasteiger partial charge on any atom is -0.451 e. The molecular formula is C17H23N5O5S. The number of carbonyl (C=O) groups is 2. The number of rotatable bonds is 7. The van der Waals surface area contributed by atoms with Crippen LogP contribution in [0.1, 0.15) is 47.7 Å². The number of nitrogens with zero attached hydrogens (tertiary/aromatic N) is 3. The minimum absolute atomic E-state index is 0.00870. The molecule has 0 spiro atoms. The molecule has 2 N–H and O–H groups in total. The fourth-order valence-electron chi connectivity index (χ4n) is 3.10. The zero-order valence-electron chi connectivity index (χ0n) is 15.8. The lowest BCUT2D eigenvalue weighted by atomic mass is 10.2. The highest BCUT2D eigenvalue weighted by atomic mass is 32.2. The summed E-state index contributed by atoms with van der Waals surface area (Å²) in [4.78, 5) is 24.2. The summed E-state index contributed by atoms with van der Waals surface area (Å²) in [5, 5.41) is 13.5. The Morgan fingerprint density at radius 3 is 2.86 bits per heavy atom. The number of aromatic amines is 1. The van der Waals surface area contributed by atoms with Crippen molar-refractivity contribution in [1.82, 2.24) is 20.0 Å². The second-order valence-corrected chi connectivity index (χ2v) is 9.05. The zero-order chi connectivity index (χ0) is 20.3. The van der Waals surface area contributed by atoms with E-state index in [1.807, 2.05) is 6.92 Å². The summed E-state index contributed by atoms with van der Waals surface area (Å²) in [5.74, 6) is -0.762. The molecule has 1 fully saturated rings. The van der Waals surface area contributed by atoms with Gasteiger partial charge >= 0.3 is 5.97 Å². The number of sulfone groups is 1. The van der Waals surface area contributed by atoms with Crippen molar-refractivity contribution in [2.45, 2.75) is 39.2 Å². The first-order chi connectivity index (χ1) is 13.3. The van der Waals surface area contributed by atoms with Gasteiger partial charge in [-0.3, -0.25) is 9.89 Å². The third-order valence-corrected chi connectivity index (χ3v) is 6.12. The first kappa shape index (κ1) is 20.1. The lowest BCUT2D eigenvalue weighted by Gasteiger charge is -2.13. The SMILES string of the molecule is CCCc1cc(C(=O)OCC(=O)Nc2cc(C)nn2C2CCS(=O)(=O)C2)n[nH]1. The minimum atomic E-state index is -3.09. The van der Waals surface area contributed by atoms with Crippen molar-refractivity contribution in [3.63, 3.8) is 0 Å². The van der Waals surface area contributed by atoms with E-state index in [2.05, 4.69) is 20.6 Å². The number of carbonyl (C=O) groups excluding carboxylic acids is 2. The lowest BCUT2D eigenvalue weighted by Crippen LogP contribution is -2.24. The van der Waals surface area contributed by atoms with Gasteiger partial charge in [0, 0.05) is 11.8 Å². The number of anilines is 1. The van der Waals surface area contributed by atoms with Crippen molar-refractivity contribution in [3.05, 3.63) is 29.2 Å². The Bertz CT molecular complexity index is 978. The fraction of sp³-hybridized carbons (Fsp3) is 0.529. The van der Waals surface area contributed by atoms with Crippen LogP contribution in [-0.2, 0) is 25.8 Å². The molecule has 11 heteroatoms. The van der Waals surface area contributed by atoms with Crippen LogP contribution in [0.15, 0.2) is 12.1 Å². The Kier molecular flexibility index (Phi) is 5.82. The van der Waals surface area contributed by atoms with Gasteiger partial charge in [0.15, 0.2) is 22.1 Å². The van der Waals surface area contributed by atoms with E-state index in [4.69, 9.17) is 4.74 Å². The van der Waals surface area contributed by atoms with E-state index in [-0.39, 0.29) is 23.2 Å². The van der Waals surface area contributed by atoms with Crippen LogP contribution in [0.2, 0.25) is 0 Å². The average molecular weight is 409 g/mol. The molecular weight excluding hydrogens is 386 g/mol. The van der Waals surface area contributed by atoms with Crippen LogP contribution in [0, 0.1) is 6.92 Å². The van der Waals surface area contributed by atoms with E-state index in [1.165, 1.54) is 4.68 Å². The molecule has 1 amide bonds. The van der Waals surface area contributed by atoms with Crippen LogP contribution in [0.4, 0.5) is 5.82 Å². The predicted molar refractivity (Wildman–Crippen MR) is 101 cm³/mol. The maximum atomic E-state index is 12.2. The van der Waals surface area contributed by atoms with E-state index in [9.17, 15) is 18.0 Å². The number of aromatic nitrogens is 4. The van der Waals surface area contributed by atoms with E-state index in [1.54, 1.807) is 19.1 Å². The summed E-state index contributed by atoms with van der Waals surface area (Å²) in [6.45, 7) is 3.28. The fourth-order valence-corrected chi connectivity index (χ4v) is 4.80. The molecule has 3 rings (SSSR count). The lowest BCUT2D eigenvalue weighted by molar-refractivity contribution is -0.119. The molecule has 0 radical (unpaired) electrons. The second-order valence-electron chi connectivity index (χ2n) is 6.83. The van der Waals surface area contributed by atoms with Gasteiger partial charge < -0.3 is 10.1 Å². The summed E-state index contributed by atoms with van der Waals surface area (Å²) >= 11 is 0. The van der Waals surface area contributed by atoms with E-state index < -0.39 is 28.3 Å². The maximum absolute atomic E-state index is 12.2. The molecule has 1 aliphatic heterocycles. The summed E-state index contributed by atoms with van der Waals surface area (Å²) in [7, 11) is -3.09. The van der Waals surface area contributed by atoms with Crippen molar-refractivity contribution < 1.29 is 22.7 Å². The molecule has 3 heterocycles. The average Bonchev–Trinajstić information content (AvgIpc) is 3.32. The summed E-state index contributed by atoms with van der Waals surface area (Å²) < 4.78 is 29.9. The highest BCUT2D eigenvalue weighted by Gasteiger charge is 2.31. The van der Waals surface area contributed by atoms with E-state index in [0.29, 0.717) is 17.9 Å². The number of hydrogen-bond donors (Lipinski definition) is 2. The number of H-pyrrole nitrogens is 1. The first-order valence-corrected chi connectivity index (χ1v) is 10.9. The molecule has 1 saturated heterocycles. The molecule has 28 heavy (non-hydrogen) atoms. The predicted octanol–water partition coefficient (Wildman–Crippen LogP) is 1.02. The largest absolute Gasteiger partial charge is 0.451 e. The van der Waals surface area contributed by atoms with Crippen molar-refractivity contribution in [2.75, 3.05) is 23.4 Å².